The molecule has 0 radical (unpaired) electrons. The van der Waals surface area contributed by atoms with Gasteiger partial charge in [-0.05, 0) is 49.7 Å². The van der Waals surface area contributed by atoms with E-state index < -0.39 is 0 Å². The first-order chi connectivity index (χ1) is 8.58. The molecule has 1 heterocycles. The van der Waals surface area contributed by atoms with Crippen LogP contribution in [0.15, 0.2) is 28.7 Å². The molecule has 0 bridgehead atoms. The van der Waals surface area contributed by atoms with Gasteiger partial charge in [0, 0.05) is 16.4 Å². The van der Waals surface area contributed by atoms with E-state index in [0.717, 1.165) is 23.5 Å². The third-order valence-corrected chi connectivity index (χ3v) is 4.26. The Morgan fingerprint density at radius 2 is 2.28 bits per heavy atom. The summed E-state index contributed by atoms with van der Waals surface area (Å²) in [7, 11) is 0. The van der Waals surface area contributed by atoms with Crippen LogP contribution in [0.3, 0.4) is 0 Å². The first kappa shape index (κ1) is 14.0. The van der Waals surface area contributed by atoms with Gasteiger partial charge in [-0.3, -0.25) is 0 Å². The average Bonchev–Trinajstić information content (AvgIpc) is 2.82. The molecule has 1 saturated heterocycles. The molecule has 1 aliphatic heterocycles. The molecule has 0 amide bonds. The first-order valence-corrected chi connectivity index (χ1v) is 7.55. The summed E-state index contributed by atoms with van der Waals surface area (Å²) in [5.41, 5.74) is 1.56. The normalized spacial score (nSPS) is 20.3. The molecule has 1 fully saturated rings. The summed E-state index contributed by atoms with van der Waals surface area (Å²) in [6.45, 7) is 9.11. The highest BCUT2D eigenvalue weighted by Crippen LogP contribution is 2.25. The lowest BCUT2D eigenvalue weighted by molar-refractivity contribution is 0.431. The maximum atomic E-state index is 3.63. The highest BCUT2D eigenvalue weighted by atomic mass is 79.9. The smallest absolute Gasteiger partial charge is 0.0178 e. The Balaban J connectivity index is 1.86. The lowest BCUT2D eigenvalue weighted by atomic mass is 9.84. The van der Waals surface area contributed by atoms with Crippen molar-refractivity contribution in [3.8, 4) is 0 Å². The molecule has 0 aliphatic carbocycles. The van der Waals surface area contributed by atoms with Crippen molar-refractivity contribution in [1.29, 1.82) is 0 Å². The fraction of sp³-hybridized carbons (Fsp3) is 0.600. The second-order valence-corrected chi connectivity index (χ2v) is 6.80. The molecule has 1 aliphatic rings. The molecule has 100 valence electrons. The molecule has 3 heteroatoms. The van der Waals surface area contributed by atoms with E-state index in [1.165, 1.54) is 25.1 Å². The van der Waals surface area contributed by atoms with Crippen LogP contribution in [0.1, 0.15) is 25.8 Å². The van der Waals surface area contributed by atoms with Crippen molar-refractivity contribution in [3.05, 3.63) is 34.3 Å². The molecule has 2 N–H and O–H groups in total. The SMILES string of the molecule is CC(C)(CNCC1CCNC1)c1cccc(Br)c1. The van der Waals surface area contributed by atoms with Gasteiger partial charge < -0.3 is 10.6 Å². The Labute approximate surface area is 119 Å². The van der Waals surface area contributed by atoms with Crippen LogP contribution < -0.4 is 10.6 Å². The number of rotatable bonds is 5. The lowest BCUT2D eigenvalue weighted by Crippen LogP contribution is -2.36. The van der Waals surface area contributed by atoms with Crippen LogP contribution in [-0.2, 0) is 5.41 Å². The molecule has 18 heavy (non-hydrogen) atoms. The molecule has 0 saturated carbocycles. The Bertz CT molecular complexity index is 384. The summed E-state index contributed by atoms with van der Waals surface area (Å²) in [5, 5.41) is 7.04. The van der Waals surface area contributed by atoms with Gasteiger partial charge in [0.25, 0.3) is 0 Å². The van der Waals surface area contributed by atoms with Crippen LogP contribution in [0.4, 0.5) is 0 Å². The monoisotopic (exact) mass is 310 g/mol. The Morgan fingerprint density at radius 3 is 2.94 bits per heavy atom. The third-order valence-electron chi connectivity index (χ3n) is 3.77. The molecule has 1 atom stereocenters. The quantitative estimate of drug-likeness (QED) is 0.874. The summed E-state index contributed by atoms with van der Waals surface area (Å²) in [4.78, 5) is 0. The first-order valence-electron chi connectivity index (χ1n) is 6.75. The van der Waals surface area contributed by atoms with Crippen molar-refractivity contribution in [2.75, 3.05) is 26.2 Å². The predicted octanol–water partition coefficient (Wildman–Crippen LogP) is 2.93. The fourth-order valence-corrected chi connectivity index (χ4v) is 2.89. The number of halogens is 1. The summed E-state index contributed by atoms with van der Waals surface area (Å²) in [6.07, 6.45) is 1.31. The van der Waals surface area contributed by atoms with Crippen LogP contribution in [-0.4, -0.2) is 26.2 Å². The Kier molecular flexibility index (Phi) is 4.82. The van der Waals surface area contributed by atoms with E-state index in [9.17, 15) is 0 Å². The number of benzene rings is 1. The Morgan fingerprint density at radius 1 is 1.44 bits per heavy atom. The van der Waals surface area contributed by atoms with Gasteiger partial charge in [-0.1, -0.05) is 41.9 Å². The zero-order chi connectivity index (χ0) is 13.0. The predicted molar refractivity (Wildman–Crippen MR) is 81.0 cm³/mol. The zero-order valence-corrected chi connectivity index (χ0v) is 12.9. The molecular weight excluding hydrogens is 288 g/mol. The minimum Gasteiger partial charge on any atom is -0.316 e. The van der Waals surface area contributed by atoms with Crippen LogP contribution in [0.25, 0.3) is 0 Å². The summed E-state index contributed by atoms with van der Waals surface area (Å²) in [5.74, 6) is 0.809. The van der Waals surface area contributed by atoms with E-state index in [4.69, 9.17) is 0 Å². The fourth-order valence-electron chi connectivity index (χ4n) is 2.49. The summed E-state index contributed by atoms with van der Waals surface area (Å²) >= 11 is 3.55. The van der Waals surface area contributed by atoms with Gasteiger partial charge >= 0.3 is 0 Å². The van der Waals surface area contributed by atoms with E-state index in [2.05, 4.69) is 64.7 Å². The van der Waals surface area contributed by atoms with E-state index in [1.54, 1.807) is 0 Å². The van der Waals surface area contributed by atoms with E-state index in [1.807, 2.05) is 0 Å². The van der Waals surface area contributed by atoms with E-state index >= 15 is 0 Å². The number of nitrogens with one attached hydrogen (secondary N) is 2. The molecule has 1 aromatic rings. The summed E-state index contributed by atoms with van der Waals surface area (Å²) < 4.78 is 1.16. The van der Waals surface area contributed by atoms with Crippen LogP contribution in [0.5, 0.6) is 0 Å². The summed E-state index contributed by atoms with van der Waals surface area (Å²) in [6, 6.07) is 8.63. The van der Waals surface area contributed by atoms with Crippen molar-refractivity contribution < 1.29 is 0 Å². The van der Waals surface area contributed by atoms with Crippen LogP contribution in [0, 0.1) is 5.92 Å². The standard InChI is InChI=1S/C15H23BrN2/c1-15(2,13-4-3-5-14(16)8-13)11-18-10-12-6-7-17-9-12/h3-5,8,12,17-18H,6-7,9-11H2,1-2H3. The van der Waals surface area contributed by atoms with Gasteiger partial charge in [0.1, 0.15) is 0 Å². The molecule has 1 unspecified atom stereocenters. The minimum atomic E-state index is 0.176. The largest absolute Gasteiger partial charge is 0.316 e. The minimum absolute atomic E-state index is 0.176. The zero-order valence-electron chi connectivity index (χ0n) is 11.3. The second kappa shape index (κ2) is 6.18. The molecule has 1 aromatic carbocycles. The topological polar surface area (TPSA) is 24.1 Å². The average molecular weight is 311 g/mol. The van der Waals surface area contributed by atoms with E-state index in [0.29, 0.717) is 0 Å². The van der Waals surface area contributed by atoms with Gasteiger partial charge in [-0.25, -0.2) is 0 Å². The Hall–Kier alpha value is -0.380. The van der Waals surface area contributed by atoms with Crippen molar-refractivity contribution >= 4 is 15.9 Å². The number of hydrogen-bond acceptors (Lipinski definition) is 2. The maximum Gasteiger partial charge on any atom is 0.0178 e. The second-order valence-electron chi connectivity index (χ2n) is 5.88. The lowest BCUT2D eigenvalue weighted by Gasteiger charge is -2.26. The highest BCUT2D eigenvalue weighted by Gasteiger charge is 2.21. The molecule has 0 spiro atoms. The number of hydrogen-bond donors (Lipinski definition) is 2. The molecule has 2 rings (SSSR count). The van der Waals surface area contributed by atoms with Crippen LogP contribution in [0.2, 0.25) is 0 Å². The van der Waals surface area contributed by atoms with Gasteiger partial charge in [0.2, 0.25) is 0 Å². The van der Waals surface area contributed by atoms with Gasteiger partial charge in [0.15, 0.2) is 0 Å². The van der Waals surface area contributed by atoms with Crippen molar-refractivity contribution in [1.82, 2.24) is 10.6 Å². The van der Waals surface area contributed by atoms with Crippen LogP contribution >= 0.6 is 15.9 Å². The van der Waals surface area contributed by atoms with Gasteiger partial charge in [-0.15, -0.1) is 0 Å². The molecule has 2 nitrogen and oxygen atoms in total. The highest BCUT2D eigenvalue weighted by molar-refractivity contribution is 9.10. The van der Waals surface area contributed by atoms with Crippen molar-refractivity contribution in [2.45, 2.75) is 25.7 Å². The van der Waals surface area contributed by atoms with Crippen molar-refractivity contribution in [2.24, 2.45) is 5.92 Å². The third kappa shape index (κ3) is 3.81. The molecule has 0 aromatic heterocycles. The van der Waals surface area contributed by atoms with Crippen molar-refractivity contribution in [3.63, 3.8) is 0 Å². The van der Waals surface area contributed by atoms with Gasteiger partial charge in [0.05, 0.1) is 0 Å². The molecular formula is C15H23BrN2. The van der Waals surface area contributed by atoms with E-state index in [-0.39, 0.29) is 5.41 Å². The van der Waals surface area contributed by atoms with Gasteiger partial charge in [-0.2, -0.15) is 0 Å². The maximum absolute atomic E-state index is 3.63.